The predicted molar refractivity (Wildman–Crippen MR) is 133 cm³/mol. The van der Waals surface area contributed by atoms with Crippen LogP contribution in [0.2, 0.25) is 10.0 Å². The summed E-state index contributed by atoms with van der Waals surface area (Å²) in [6.07, 6.45) is 1.46. The Morgan fingerprint density at radius 1 is 0.971 bits per heavy atom. The Kier molecular flexibility index (Phi) is 9.01. The van der Waals surface area contributed by atoms with Crippen molar-refractivity contribution in [3.8, 4) is 23.0 Å². The molecule has 3 aromatic carbocycles. The molecule has 0 heterocycles. The van der Waals surface area contributed by atoms with Crippen LogP contribution in [0.5, 0.6) is 23.0 Å². The minimum Gasteiger partial charge on any atom is -0.497 e. The summed E-state index contributed by atoms with van der Waals surface area (Å²) in [6.45, 7) is 2.50. The number of rotatable bonds is 10. The number of carbonyl (C=O) groups is 1. The number of methoxy groups -OCH3 is 2. The third kappa shape index (κ3) is 6.56. The molecule has 3 rings (SSSR count). The van der Waals surface area contributed by atoms with Crippen LogP contribution < -0.4 is 24.4 Å². The summed E-state index contributed by atoms with van der Waals surface area (Å²) in [4.78, 5) is 12.5. The minimum atomic E-state index is -0.427. The number of nitrogens with zero attached hydrogens (tertiary/aromatic N) is 1. The predicted octanol–water partition coefficient (Wildman–Crippen LogP) is 5.75. The van der Waals surface area contributed by atoms with Gasteiger partial charge in [0.25, 0.3) is 5.91 Å². The fourth-order valence-electron chi connectivity index (χ4n) is 3.00. The van der Waals surface area contributed by atoms with Crippen molar-refractivity contribution >= 4 is 35.3 Å². The van der Waals surface area contributed by atoms with E-state index in [1.165, 1.54) is 20.4 Å². The molecule has 34 heavy (non-hydrogen) atoms. The smallest absolute Gasteiger partial charge is 0.271 e. The second-order valence-electron chi connectivity index (χ2n) is 6.94. The largest absolute Gasteiger partial charge is 0.497 e. The zero-order valence-electron chi connectivity index (χ0n) is 18.9. The highest BCUT2D eigenvalue weighted by molar-refractivity contribution is 6.32. The summed E-state index contributed by atoms with van der Waals surface area (Å²) in [7, 11) is 3.02. The molecule has 1 N–H and O–H groups in total. The lowest BCUT2D eigenvalue weighted by molar-refractivity contribution is 0.0954. The topological polar surface area (TPSA) is 78.4 Å². The van der Waals surface area contributed by atoms with E-state index < -0.39 is 5.91 Å². The van der Waals surface area contributed by atoms with Crippen molar-refractivity contribution in [2.45, 2.75) is 13.5 Å². The van der Waals surface area contributed by atoms with Crippen molar-refractivity contribution in [2.24, 2.45) is 5.10 Å². The van der Waals surface area contributed by atoms with Crippen molar-refractivity contribution in [1.82, 2.24) is 5.43 Å². The van der Waals surface area contributed by atoms with Crippen molar-refractivity contribution in [3.05, 3.63) is 81.3 Å². The number of hydrogen-bond acceptors (Lipinski definition) is 6. The molecule has 0 saturated carbocycles. The van der Waals surface area contributed by atoms with E-state index in [2.05, 4.69) is 10.5 Å². The second-order valence-corrected chi connectivity index (χ2v) is 7.76. The third-order valence-electron chi connectivity index (χ3n) is 4.65. The summed E-state index contributed by atoms with van der Waals surface area (Å²) in [5, 5.41) is 4.97. The molecule has 0 radical (unpaired) electrons. The molecule has 0 aliphatic heterocycles. The van der Waals surface area contributed by atoms with E-state index in [9.17, 15) is 4.79 Å². The van der Waals surface area contributed by atoms with E-state index in [-0.39, 0.29) is 6.61 Å². The van der Waals surface area contributed by atoms with Gasteiger partial charge in [-0.3, -0.25) is 4.79 Å². The zero-order chi connectivity index (χ0) is 24.5. The van der Waals surface area contributed by atoms with Gasteiger partial charge < -0.3 is 18.9 Å². The van der Waals surface area contributed by atoms with Gasteiger partial charge in [-0.1, -0.05) is 41.4 Å². The summed E-state index contributed by atoms with van der Waals surface area (Å²) < 4.78 is 22.0. The molecule has 0 aliphatic carbocycles. The van der Waals surface area contributed by atoms with Gasteiger partial charge in [0.05, 0.1) is 32.1 Å². The van der Waals surface area contributed by atoms with Crippen LogP contribution in [0.25, 0.3) is 0 Å². The third-order valence-corrected chi connectivity index (χ3v) is 5.30. The fraction of sp³-hybridized carbons (Fsp3) is 0.200. The molecule has 0 aromatic heterocycles. The van der Waals surface area contributed by atoms with E-state index in [1.807, 2.05) is 25.1 Å². The molecular formula is C25H24Cl2N2O5. The Labute approximate surface area is 208 Å². The normalized spacial score (nSPS) is 10.7. The average Bonchev–Trinajstić information content (AvgIpc) is 2.84. The number of benzene rings is 3. The molecule has 178 valence electrons. The van der Waals surface area contributed by atoms with E-state index in [0.717, 1.165) is 5.56 Å². The molecule has 0 aliphatic rings. The fourth-order valence-corrected chi connectivity index (χ4v) is 3.46. The molecular weight excluding hydrogens is 479 g/mol. The van der Waals surface area contributed by atoms with E-state index in [4.69, 9.17) is 42.1 Å². The number of hydrazone groups is 1. The number of hydrogen-bond donors (Lipinski definition) is 1. The molecule has 0 unspecified atom stereocenters. The molecule has 0 atom stereocenters. The van der Waals surface area contributed by atoms with Crippen molar-refractivity contribution in [1.29, 1.82) is 0 Å². The van der Waals surface area contributed by atoms with E-state index >= 15 is 0 Å². The van der Waals surface area contributed by atoms with Crippen LogP contribution in [-0.2, 0) is 6.61 Å². The molecule has 0 bridgehead atoms. The Bertz CT molecular complexity index is 1160. The summed E-state index contributed by atoms with van der Waals surface area (Å²) >= 11 is 12.7. The van der Waals surface area contributed by atoms with Gasteiger partial charge in [0.15, 0.2) is 11.5 Å². The monoisotopic (exact) mass is 502 g/mol. The number of nitrogens with one attached hydrogen (secondary N) is 1. The lowest BCUT2D eigenvalue weighted by Crippen LogP contribution is -2.17. The van der Waals surface area contributed by atoms with Gasteiger partial charge >= 0.3 is 0 Å². The second kappa shape index (κ2) is 12.2. The average molecular weight is 503 g/mol. The Morgan fingerprint density at radius 2 is 1.68 bits per heavy atom. The molecule has 0 saturated heterocycles. The van der Waals surface area contributed by atoms with Crippen LogP contribution in [0.4, 0.5) is 0 Å². The van der Waals surface area contributed by atoms with E-state index in [0.29, 0.717) is 50.8 Å². The van der Waals surface area contributed by atoms with Crippen LogP contribution in [0.1, 0.15) is 28.4 Å². The maximum absolute atomic E-state index is 12.5. The van der Waals surface area contributed by atoms with E-state index in [1.54, 1.807) is 36.4 Å². The van der Waals surface area contributed by atoms with Gasteiger partial charge in [-0.2, -0.15) is 5.10 Å². The lowest BCUT2D eigenvalue weighted by atomic mass is 10.2. The van der Waals surface area contributed by atoms with Crippen molar-refractivity contribution < 1.29 is 23.7 Å². The molecule has 1 amide bonds. The lowest BCUT2D eigenvalue weighted by Gasteiger charge is -2.15. The first-order chi connectivity index (χ1) is 16.4. The van der Waals surface area contributed by atoms with Crippen LogP contribution in [-0.4, -0.2) is 32.9 Å². The molecule has 0 spiro atoms. The van der Waals surface area contributed by atoms with Crippen LogP contribution in [0.15, 0.2) is 59.7 Å². The Morgan fingerprint density at radius 3 is 2.32 bits per heavy atom. The standard InChI is InChI=1S/C25H24Cl2N2O5/c1-4-33-23-10-16(9-22(27)24(23)34-15-17-7-5-6-8-21(17)26)14-28-29-25(30)18-11-19(31-2)13-20(12-18)32-3/h5-14H,4,15H2,1-3H3,(H,29,30)/b28-14-. The Hall–Kier alpha value is -3.42. The highest BCUT2D eigenvalue weighted by Crippen LogP contribution is 2.37. The summed E-state index contributed by atoms with van der Waals surface area (Å²) in [5.74, 6) is 1.41. The highest BCUT2D eigenvalue weighted by atomic mass is 35.5. The number of carbonyl (C=O) groups excluding carboxylic acids is 1. The summed E-state index contributed by atoms with van der Waals surface area (Å²) in [5.41, 5.74) is 4.25. The van der Waals surface area contributed by atoms with Gasteiger partial charge in [0.1, 0.15) is 18.1 Å². The zero-order valence-corrected chi connectivity index (χ0v) is 20.4. The first-order valence-electron chi connectivity index (χ1n) is 10.3. The van der Waals surface area contributed by atoms with Gasteiger partial charge in [0.2, 0.25) is 0 Å². The van der Waals surface area contributed by atoms with Gasteiger partial charge in [-0.15, -0.1) is 0 Å². The maximum atomic E-state index is 12.5. The molecule has 7 nitrogen and oxygen atoms in total. The maximum Gasteiger partial charge on any atom is 0.271 e. The first-order valence-corrected chi connectivity index (χ1v) is 11.1. The SMILES string of the molecule is CCOc1cc(/C=N\NC(=O)c2cc(OC)cc(OC)c2)cc(Cl)c1OCc1ccccc1Cl. The number of ether oxygens (including phenoxy) is 4. The van der Waals surface area contributed by atoms with Gasteiger partial charge in [-0.25, -0.2) is 5.43 Å². The Balaban J connectivity index is 1.74. The summed E-state index contributed by atoms with van der Waals surface area (Å²) in [6, 6.07) is 15.6. The van der Waals surface area contributed by atoms with Crippen LogP contribution in [0, 0.1) is 0 Å². The minimum absolute atomic E-state index is 0.229. The van der Waals surface area contributed by atoms with Crippen LogP contribution >= 0.6 is 23.2 Å². The van der Waals surface area contributed by atoms with Gasteiger partial charge in [0, 0.05) is 22.2 Å². The van der Waals surface area contributed by atoms with Gasteiger partial charge in [-0.05, 0) is 42.8 Å². The number of amides is 1. The molecule has 3 aromatic rings. The van der Waals surface area contributed by atoms with Crippen molar-refractivity contribution in [3.63, 3.8) is 0 Å². The van der Waals surface area contributed by atoms with Crippen LogP contribution in [0.3, 0.4) is 0 Å². The molecule has 0 fully saturated rings. The quantitative estimate of drug-likeness (QED) is 0.282. The highest BCUT2D eigenvalue weighted by Gasteiger charge is 2.14. The molecule has 9 heteroatoms. The first kappa shape index (κ1) is 25.2. The van der Waals surface area contributed by atoms with Crippen molar-refractivity contribution in [2.75, 3.05) is 20.8 Å². The number of halogens is 2.